The second-order valence-electron chi connectivity index (χ2n) is 4.45. The molecule has 0 N–H and O–H groups in total. The number of benzene rings is 1. The van der Waals surface area contributed by atoms with Crippen LogP contribution in [0.15, 0.2) is 18.2 Å². The average Bonchev–Trinajstić information content (AvgIpc) is 2.41. The summed E-state index contributed by atoms with van der Waals surface area (Å²) in [5.74, 6) is -1.31. The number of anilines is 1. The Morgan fingerprint density at radius 3 is 2.33 bits per heavy atom. The van der Waals surface area contributed by atoms with Crippen LogP contribution in [0.1, 0.15) is 12.0 Å². The molecule has 0 fully saturated rings. The van der Waals surface area contributed by atoms with E-state index in [9.17, 15) is 8.78 Å². The highest BCUT2D eigenvalue weighted by Crippen LogP contribution is 2.14. The zero-order valence-electron chi connectivity index (χ0n) is 11.2. The average molecular weight is 333 g/mol. The first-order chi connectivity index (χ1) is 9.95. The number of aromatic nitrogens is 3. The van der Waals surface area contributed by atoms with Gasteiger partial charge in [-0.1, -0.05) is 6.07 Å². The molecule has 0 aliphatic heterocycles. The van der Waals surface area contributed by atoms with Crippen molar-refractivity contribution in [2.75, 3.05) is 18.5 Å². The molecule has 21 heavy (non-hydrogen) atoms. The van der Waals surface area contributed by atoms with E-state index in [1.807, 2.05) is 0 Å². The third kappa shape index (κ3) is 4.47. The van der Waals surface area contributed by atoms with Gasteiger partial charge in [0.05, 0.1) is 0 Å². The molecule has 4 nitrogen and oxygen atoms in total. The topological polar surface area (TPSA) is 41.9 Å². The van der Waals surface area contributed by atoms with Crippen LogP contribution in [-0.4, -0.2) is 28.5 Å². The molecule has 0 aliphatic carbocycles. The SMILES string of the molecule is CN(CCCc1ccc(F)c(F)c1)c1nc(Cl)nc(Cl)n1. The summed E-state index contributed by atoms with van der Waals surface area (Å²) in [5.41, 5.74) is 0.731. The van der Waals surface area contributed by atoms with Crippen molar-refractivity contribution in [3.8, 4) is 0 Å². The lowest BCUT2D eigenvalue weighted by molar-refractivity contribution is 0.507. The van der Waals surface area contributed by atoms with Crippen molar-refractivity contribution in [3.63, 3.8) is 0 Å². The van der Waals surface area contributed by atoms with Gasteiger partial charge >= 0.3 is 0 Å². The molecule has 2 rings (SSSR count). The molecule has 0 amide bonds. The van der Waals surface area contributed by atoms with Crippen LogP contribution in [0.3, 0.4) is 0 Å². The third-order valence-corrected chi connectivity index (χ3v) is 3.19. The van der Waals surface area contributed by atoms with E-state index in [0.717, 1.165) is 11.6 Å². The van der Waals surface area contributed by atoms with Crippen molar-refractivity contribution >= 4 is 29.2 Å². The van der Waals surface area contributed by atoms with E-state index in [0.29, 0.717) is 25.3 Å². The van der Waals surface area contributed by atoms with Gasteiger partial charge in [0.2, 0.25) is 16.5 Å². The van der Waals surface area contributed by atoms with Gasteiger partial charge in [-0.2, -0.15) is 15.0 Å². The Kier molecular flexibility index (Phi) is 5.25. The first kappa shape index (κ1) is 15.9. The summed E-state index contributed by atoms with van der Waals surface area (Å²) < 4.78 is 25.9. The number of nitrogens with zero attached hydrogens (tertiary/aromatic N) is 4. The van der Waals surface area contributed by atoms with E-state index >= 15 is 0 Å². The molecule has 0 saturated heterocycles. The van der Waals surface area contributed by atoms with Gasteiger partial charge in [0.1, 0.15) is 0 Å². The zero-order chi connectivity index (χ0) is 15.4. The van der Waals surface area contributed by atoms with E-state index in [2.05, 4.69) is 15.0 Å². The van der Waals surface area contributed by atoms with Crippen molar-refractivity contribution in [2.24, 2.45) is 0 Å². The first-order valence-corrected chi connectivity index (χ1v) is 6.93. The van der Waals surface area contributed by atoms with Gasteiger partial charge in [-0.05, 0) is 53.7 Å². The highest BCUT2D eigenvalue weighted by molar-refractivity contribution is 6.31. The predicted octanol–water partition coefficient (Wildman–Crippen LogP) is 3.53. The molecule has 112 valence electrons. The standard InChI is InChI=1S/C13H12Cl2F2N4/c1-21(13-19-11(14)18-12(15)20-13)6-2-3-8-4-5-9(16)10(17)7-8/h4-5,7H,2-3,6H2,1H3. The second-order valence-corrected chi connectivity index (χ2v) is 5.12. The molecule has 0 bridgehead atoms. The van der Waals surface area contributed by atoms with Crippen LogP contribution in [0.2, 0.25) is 10.6 Å². The summed E-state index contributed by atoms with van der Waals surface area (Å²) in [6.45, 7) is 0.607. The minimum Gasteiger partial charge on any atom is -0.344 e. The predicted molar refractivity (Wildman–Crippen MR) is 77.8 cm³/mol. The summed E-state index contributed by atoms with van der Waals surface area (Å²) in [4.78, 5) is 13.4. The molecule has 2 aromatic rings. The second kappa shape index (κ2) is 6.95. The molecule has 1 aromatic carbocycles. The van der Waals surface area contributed by atoms with Crippen LogP contribution in [0.25, 0.3) is 0 Å². The number of hydrogen-bond acceptors (Lipinski definition) is 4. The number of rotatable bonds is 5. The molecule has 0 atom stereocenters. The smallest absolute Gasteiger partial charge is 0.230 e. The van der Waals surface area contributed by atoms with Crippen molar-refractivity contribution < 1.29 is 8.78 Å². The molecule has 1 heterocycles. The lowest BCUT2D eigenvalue weighted by atomic mass is 10.1. The van der Waals surface area contributed by atoms with Crippen LogP contribution in [0.4, 0.5) is 14.7 Å². The Morgan fingerprint density at radius 1 is 1.05 bits per heavy atom. The summed E-state index contributed by atoms with van der Waals surface area (Å²) in [7, 11) is 1.78. The summed E-state index contributed by atoms with van der Waals surface area (Å²) in [6.07, 6.45) is 1.32. The van der Waals surface area contributed by atoms with Gasteiger partial charge in [-0.25, -0.2) is 8.78 Å². The molecule has 0 aliphatic rings. The maximum atomic E-state index is 13.1. The van der Waals surface area contributed by atoms with Crippen molar-refractivity contribution in [3.05, 3.63) is 46.0 Å². The number of halogens is 4. The molecule has 0 unspecified atom stereocenters. The van der Waals surface area contributed by atoms with Crippen LogP contribution >= 0.6 is 23.2 Å². The molecule has 8 heteroatoms. The zero-order valence-corrected chi connectivity index (χ0v) is 12.7. The fourth-order valence-electron chi connectivity index (χ4n) is 1.80. The molecule has 0 radical (unpaired) electrons. The van der Waals surface area contributed by atoms with Crippen molar-refractivity contribution in [2.45, 2.75) is 12.8 Å². The van der Waals surface area contributed by atoms with Crippen LogP contribution in [0, 0.1) is 11.6 Å². The monoisotopic (exact) mass is 332 g/mol. The van der Waals surface area contributed by atoms with E-state index in [-0.39, 0.29) is 10.6 Å². The molecular formula is C13H12Cl2F2N4. The Hall–Kier alpha value is -1.53. The van der Waals surface area contributed by atoms with E-state index in [1.165, 1.54) is 6.07 Å². The van der Waals surface area contributed by atoms with Gasteiger partial charge < -0.3 is 4.90 Å². The summed E-state index contributed by atoms with van der Waals surface area (Å²) in [5, 5.41) is 0.0508. The Labute approximate surface area is 130 Å². The molecule has 1 aromatic heterocycles. The van der Waals surface area contributed by atoms with Gasteiger partial charge in [0.25, 0.3) is 0 Å². The van der Waals surface area contributed by atoms with Gasteiger partial charge in [-0.3, -0.25) is 0 Å². The lowest BCUT2D eigenvalue weighted by Gasteiger charge is -2.16. The van der Waals surface area contributed by atoms with E-state index < -0.39 is 11.6 Å². The summed E-state index contributed by atoms with van der Waals surface area (Å²) >= 11 is 11.4. The quantitative estimate of drug-likeness (QED) is 0.840. The Morgan fingerprint density at radius 2 is 1.71 bits per heavy atom. The number of hydrogen-bond donors (Lipinski definition) is 0. The van der Waals surface area contributed by atoms with Gasteiger partial charge in [0, 0.05) is 13.6 Å². The lowest BCUT2D eigenvalue weighted by Crippen LogP contribution is -2.22. The van der Waals surface area contributed by atoms with Gasteiger partial charge in [-0.15, -0.1) is 0 Å². The highest BCUT2D eigenvalue weighted by Gasteiger charge is 2.09. The van der Waals surface area contributed by atoms with Crippen molar-refractivity contribution in [1.82, 2.24) is 15.0 Å². The minimum absolute atomic E-state index is 0.0254. The first-order valence-electron chi connectivity index (χ1n) is 6.18. The summed E-state index contributed by atoms with van der Waals surface area (Å²) in [6, 6.07) is 3.89. The van der Waals surface area contributed by atoms with E-state index in [1.54, 1.807) is 18.0 Å². The maximum Gasteiger partial charge on any atom is 0.230 e. The normalized spacial score (nSPS) is 10.7. The van der Waals surface area contributed by atoms with Crippen molar-refractivity contribution in [1.29, 1.82) is 0 Å². The van der Waals surface area contributed by atoms with E-state index in [4.69, 9.17) is 23.2 Å². The van der Waals surface area contributed by atoms with Crippen LogP contribution in [0.5, 0.6) is 0 Å². The molecule has 0 saturated carbocycles. The fourth-order valence-corrected chi connectivity index (χ4v) is 2.16. The Balaban J connectivity index is 1.91. The largest absolute Gasteiger partial charge is 0.344 e. The molecule has 0 spiro atoms. The Bertz CT molecular complexity index is 619. The van der Waals surface area contributed by atoms with Gasteiger partial charge in [0.15, 0.2) is 11.6 Å². The van der Waals surface area contributed by atoms with Crippen LogP contribution < -0.4 is 4.90 Å². The maximum absolute atomic E-state index is 13.1. The highest BCUT2D eigenvalue weighted by atomic mass is 35.5. The number of aryl methyl sites for hydroxylation is 1. The molecular weight excluding hydrogens is 321 g/mol. The minimum atomic E-state index is -0.842. The fraction of sp³-hybridized carbons (Fsp3) is 0.308. The third-order valence-electron chi connectivity index (χ3n) is 2.85. The van der Waals surface area contributed by atoms with Crippen LogP contribution in [-0.2, 0) is 6.42 Å².